The zero-order valence-electron chi connectivity index (χ0n) is 20.9. The Balaban J connectivity index is 0.00000141. The Labute approximate surface area is 238 Å². The molecule has 206 valence electrons. The molecule has 0 saturated carbocycles. The van der Waals surface area contributed by atoms with Crippen molar-refractivity contribution in [3.8, 4) is 11.8 Å². The van der Waals surface area contributed by atoms with Gasteiger partial charge in [-0.25, -0.2) is 8.42 Å². The van der Waals surface area contributed by atoms with Crippen LogP contribution < -0.4 is 4.74 Å². The summed E-state index contributed by atoms with van der Waals surface area (Å²) < 4.78 is 51.8. The largest absolute Gasteiger partial charge is 0.492 e. The number of rotatable bonds is 11. The van der Waals surface area contributed by atoms with E-state index >= 15 is 0 Å². The number of thiophene rings is 1. The van der Waals surface area contributed by atoms with Crippen LogP contribution in [0.4, 0.5) is 5.69 Å². The number of nitro groups is 1. The molecule has 0 aliphatic rings. The van der Waals surface area contributed by atoms with Crippen LogP contribution in [0.1, 0.15) is 16.7 Å². The maximum Gasteiger partial charge on any atom is 0.335 e. The summed E-state index contributed by atoms with van der Waals surface area (Å²) in [5.41, 5.74) is 0.958. The van der Waals surface area contributed by atoms with E-state index in [1.54, 1.807) is 23.6 Å². The van der Waals surface area contributed by atoms with Crippen LogP contribution in [0.2, 0.25) is 0 Å². The van der Waals surface area contributed by atoms with Gasteiger partial charge in [0.1, 0.15) is 16.6 Å². The highest BCUT2D eigenvalue weighted by molar-refractivity contribution is 7.91. The molecule has 10 nitrogen and oxygen atoms in total. The van der Waals surface area contributed by atoms with Gasteiger partial charge in [-0.15, -0.1) is 11.3 Å². The van der Waals surface area contributed by atoms with Gasteiger partial charge in [-0.3, -0.25) is 10.1 Å². The van der Waals surface area contributed by atoms with Crippen molar-refractivity contribution in [1.82, 2.24) is 4.31 Å². The second kappa shape index (κ2) is 14.8. The molecule has 13 heteroatoms. The number of para-hydroxylation sites is 1. The van der Waals surface area contributed by atoms with Crippen molar-refractivity contribution in [3.63, 3.8) is 0 Å². The van der Waals surface area contributed by atoms with Gasteiger partial charge in [-0.2, -0.15) is 18.0 Å². The lowest BCUT2D eigenvalue weighted by molar-refractivity contribution is -0.385. The van der Waals surface area contributed by atoms with Crippen LogP contribution >= 0.6 is 11.3 Å². The highest BCUT2D eigenvalue weighted by Gasteiger charge is 2.35. The first-order valence-corrected chi connectivity index (χ1v) is 14.6. The third-order valence-corrected chi connectivity index (χ3v) is 8.97. The van der Waals surface area contributed by atoms with Gasteiger partial charge in [-0.1, -0.05) is 54.6 Å². The molecular formula is C27H23N3O7S3. The van der Waals surface area contributed by atoms with Crippen molar-refractivity contribution in [2.24, 2.45) is 0 Å². The fourth-order valence-electron chi connectivity index (χ4n) is 3.90. The molecule has 4 rings (SSSR count). The van der Waals surface area contributed by atoms with Crippen LogP contribution in [0.15, 0.2) is 101 Å². The van der Waals surface area contributed by atoms with Gasteiger partial charge in [-0.05, 0) is 47.7 Å². The minimum Gasteiger partial charge on any atom is -0.492 e. The molecule has 0 aliphatic heterocycles. The van der Waals surface area contributed by atoms with E-state index in [1.165, 1.54) is 28.6 Å². The predicted molar refractivity (Wildman–Crippen MR) is 150 cm³/mol. The summed E-state index contributed by atoms with van der Waals surface area (Å²) in [4.78, 5) is 11.2. The van der Waals surface area contributed by atoms with E-state index in [4.69, 9.17) is 13.2 Å². The van der Waals surface area contributed by atoms with E-state index in [9.17, 15) is 23.8 Å². The van der Waals surface area contributed by atoms with Crippen LogP contribution in [0.5, 0.6) is 5.75 Å². The van der Waals surface area contributed by atoms with Crippen molar-refractivity contribution in [2.45, 2.75) is 23.2 Å². The van der Waals surface area contributed by atoms with Crippen LogP contribution in [0, 0.1) is 21.4 Å². The number of sulfonamides is 1. The summed E-state index contributed by atoms with van der Waals surface area (Å²) in [5.74, 6) is 0.575. The number of nitriles is 1. The van der Waals surface area contributed by atoms with E-state index in [2.05, 4.69) is 0 Å². The van der Waals surface area contributed by atoms with Crippen molar-refractivity contribution >= 4 is 38.6 Å². The van der Waals surface area contributed by atoms with Crippen LogP contribution in [0.25, 0.3) is 0 Å². The second-order valence-corrected chi connectivity index (χ2v) is 11.4. The zero-order chi connectivity index (χ0) is 29.0. The fourth-order valence-corrected chi connectivity index (χ4v) is 6.61. The lowest BCUT2D eigenvalue weighted by atomic mass is 10.0. The molecule has 3 aromatic carbocycles. The summed E-state index contributed by atoms with van der Waals surface area (Å²) in [5, 5.41) is 22.8. The van der Waals surface area contributed by atoms with E-state index in [0.29, 0.717) is 12.2 Å². The molecule has 0 radical (unpaired) electrons. The molecule has 0 fully saturated rings. The molecule has 40 heavy (non-hydrogen) atoms. The summed E-state index contributed by atoms with van der Waals surface area (Å²) in [7, 11) is -4.08. The highest BCUT2D eigenvalue weighted by Crippen LogP contribution is 2.30. The number of hydrogen-bond donors (Lipinski definition) is 0. The lowest BCUT2D eigenvalue weighted by Gasteiger charge is -2.31. The van der Waals surface area contributed by atoms with Gasteiger partial charge >= 0.3 is 11.6 Å². The first-order valence-electron chi connectivity index (χ1n) is 11.7. The quantitative estimate of drug-likeness (QED) is 0.178. The minimum atomic E-state index is -4.08. The van der Waals surface area contributed by atoms with Gasteiger partial charge < -0.3 is 4.74 Å². The fraction of sp³-hybridized carbons (Fsp3) is 0.148. The van der Waals surface area contributed by atoms with Crippen LogP contribution in [0.3, 0.4) is 0 Å². The van der Waals surface area contributed by atoms with Gasteiger partial charge in [0.2, 0.25) is 0 Å². The minimum absolute atomic E-state index is 0.00918. The van der Waals surface area contributed by atoms with Gasteiger partial charge in [0, 0.05) is 18.2 Å². The number of hydrogen-bond acceptors (Lipinski definition) is 9. The number of ether oxygens (including phenoxy) is 1. The second-order valence-electron chi connectivity index (χ2n) is 8.23. The molecule has 0 spiro atoms. The Hall–Kier alpha value is -4.22. The molecule has 0 amide bonds. The molecule has 0 bridgehead atoms. The number of nitrogens with zero attached hydrogens (tertiary/aromatic N) is 3. The summed E-state index contributed by atoms with van der Waals surface area (Å²) in [6.07, 6.45) is 0.310. The SMILES string of the molecule is N#Cc1ccc([N+](=O)[O-])c(CN([C@@H](COc2ccccc2)Cc2ccccc2)S(=O)(=O)c2cccs2)c1.O=S=O. The Kier molecular flexibility index (Phi) is 11.2. The molecule has 4 aromatic rings. The Bertz CT molecular complexity index is 1590. The average molecular weight is 598 g/mol. The van der Waals surface area contributed by atoms with Crippen molar-refractivity contribution < 1.29 is 26.5 Å². The Morgan fingerprint density at radius 1 is 1.00 bits per heavy atom. The first-order chi connectivity index (χ1) is 19.3. The lowest BCUT2D eigenvalue weighted by Crippen LogP contribution is -2.44. The zero-order valence-corrected chi connectivity index (χ0v) is 23.3. The molecule has 1 aromatic heterocycles. The molecule has 1 heterocycles. The smallest absolute Gasteiger partial charge is 0.335 e. The van der Waals surface area contributed by atoms with Crippen molar-refractivity contribution in [1.29, 1.82) is 5.26 Å². The summed E-state index contributed by atoms with van der Waals surface area (Å²) >= 11 is 0.318. The number of benzene rings is 3. The molecular weight excluding hydrogens is 575 g/mol. The molecule has 0 unspecified atom stereocenters. The standard InChI is InChI=1S/C27H23N3O5S2.O2S/c28-18-22-13-14-26(30(31)32)23(16-22)19-29(37(33,34)27-12-7-15-36-27)24(17-21-8-3-1-4-9-21)20-35-25-10-5-2-6-11-25;1-3-2/h1-16,24H,17,19-20H2;/t24-;/m1./s1. The van der Waals surface area contributed by atoms with Crippen LogP contribution in [-0.4, -0.2) is 38.7 Å². The van der Waals surface area contributed by atoms with E-state index in [-0.39, 0.29) is 34.2 Å². The molecule has 0 aliphatic carbocycles. The monoisotopic (exact) mass is 597 g/mol. The summed E-state index contributed by atoms with van der Waals surface area (Å²) in [6.45, 7) is -0.295. The highest BCUT2D eigenvalue weighted by atomic mass is 32.2. The van der Waals surface area contributed by atoms with E-state index in [1.807, 2.05) is 54.6 Å². The molecule has 0 saturated heterocycles. The van der Waals surface area contributed by atoms with Crippen LogP contribution in [-0.2, 0) is 34.6 Å². The number of nitro benzene ring substituents is 1. The van der Waals surface area contributed by atoms with E-state index < -0.39 is 32.6 Å². The third-order valence-electron chi connectivity index (χ3n) is 5.70. The normalized spacial score (nSPS) is 11.5. The topological polar surface area (TPSA) is 148 Å². The van der Waals surface area contributed by atoms with Gasteiger partial charge in [0.25, 0.3) is 15.7 Å². The van der Waals surface area contributed by atoms with Crippen molar-refractivity contribution in [3.05, 3.63) is 123 Å². The maximum atomic E-state index is 13.9. The summed E-state index contributed by atoms with van der Waals surface area (Å²) in [6, 6.07) is 26.8. The maximum absolute atomic E-state index is 13.9. The van der Waals surface area contributed by atoms with Gasteiger partial charge in [0.05, 0.1) is 22.6 Å². The Morgan fingerprint density at radius 3 is 2.23 bits per heavy atom. The first kappa shape index (κ1) is 30.3. The van der Waals surface area contributed by atoms with Gasteiger partial charge in [0.15, 0.2) is 0 Å². The van der Waals surface area contributed by atoms with Crippen molar-refractivity contribution in [2.75, 3.05) is 6.61 Å². The molecule has 1 atom stereocenters. The molecule has 0 N–H and O–H groups in total. The Morgan fingerprint density at radius 2 is 1.65 bits per heavy atom. The predicted octanol–water partition coefficient (Wildman–Crippen LogP) is 4.74. The third kappa shape index (κ3) is 8.14. The average Bonchev–Trinajstić information content (AvgIpc) is 3.52. The van der Waals surface area contributed by atoms with E-state index in [0.717, 1.165) is 16.9 Å².